The highest BCUT2D eigenvalue weighted by molar-refractivity contribution is 9.10. The molecule has 0 spiro atoms. The zero-order chi connectivity index (χ0) is 18.9. The third-order valence-corrected chi connectivity index (χ3v) is 4.75. The van der Waals surface area contributed by atoms with Crippen molar-refractivity contribution < 1.29 is 14.3 Å². The Hall–Kier alpha value is -2.08. The van der Waals surface area contributed by atoms with Gasteiger partial charge in [0.05, 0.1) is 11.0 Å². The number of nitrogens with zero attached hydrogens (tertiary/aromatic N) is 1. The minimum Gasteiger partial charge on any atom is -0.483 e. The molecule has 2 rings (SSSR count). The first-order valence-electron chi connectivity index (χ1n) is 8.91. The maximum atomic E-state index is 12.5. The average molecular weight is 421 g/mol. The van der Waals surface area contributed by atoms with Crippen LogP contribution in [0.5, 0.6) is 5.75 Å². The highest BCUT2D eigenvalue weighted by Crippen LogP contribution is 2.33. The number of hydrogen-bond donors (Lipinski definition) is 1. The van der Waals surface area contributed by atoms with Crippen molar-refractivity contribution in [3.63, 3.8) is 0 Å². The summed E-state index contributed by atoms with van der Waals surface area (Å²) in [6.07, 6.45) is 1.65. The fraction of sp³-hybridized carbons (Fsp3) is 0.400. The summed E-state index contributed by atoms with van der Waals surface area (Å²) in [6.45, 7) is 5.08. The summed E-state index contributed by atoms with van der Waals surface area (Å²) in [6, 6.07) is 11.8. The minimum atomic E-state index is -0.196. The van der Waals surface area contributed by atoms with Gasteiger partial charge in [0, 0.05) is 13.1 Å². The van der Waals surface area contributed by atoms with Crippen molar-refractivity contribution in [2.24, 2.45) is 0 Å². The molecule has 0 bridgehead atoms. The highest BCUT2D eigenvalue weighted by Gasteiger charge is 2.17. The molecule has 140 valence electrons. The van der Waals surface area contributed by atoms with Gasteiger partial charge in [-0.05, 0) is 45.6 Å². The van der Waals surface area contributed by atoms with E-state index in [0.717, 1.165) is 28.1 Å². The Kier molecular flexibility index (Phi) is 7.91. The monoisotopic (exact) mass is 420 g/mol. The van der Waals surface area contributed by atoms with Crippen LogP contribution in [0.2, 0.25) is 0 Å². The van der Waals surface area contributed by atoms with E-state index in [1.807, 2.05) is 50.2 Å². The molecule has 0 unspecified atom stereocenters. The average Bonchev–Trinajstić information content (AvgIpc) is 2.65. The van der Waals surface area contributed by atoms with Gasteiger partial charge < -0.3 is 15.0 Å². The van der Waals surface area contributed by atoms with E-state index in [2.05, 4.69) is 21.2 Å². The molecular formula is C20H25BrN2O3. The fourth-order valence-electron chi connectivity index (χ4n) is 2.61. The van der Waals surface area contributed by atoms with Gasteiger partial charge in [0.1, 0.15) is 5.75 Å². The van der Waals surface area contributed by atoms with Crippen molar-refractivity contribution in [1.29, 1.82) is 0 Å². The summed E-state index contributed by atoms with van der Waals surface area (Å²) in [4.78, 5) is 26.0. The molecule has 0 aromatic heterocycles. The lowest BCUT2D eigenvalue weighted by Crippen LogP contribution is -2.43. The normalized spacial score (nSPS) is 10.6. The second-order valence-corrected chi connectivity index (χ2v) is 6.85. The van der Waals surface area contributed by atoms with Crippen LogP contribution in [-0.2, 0) is 9.59 Å². The van der Waals surface area contributed by atoms with Crippen molar-refractivity contribution in [2.75, 3.05) is 26.2 Å². The van der Waals surface area contributed by atoms with Crippen LogP contribution < -0.4 is 10.1 Å². The number of rotatable bonds is 9. The number of hydrogen-bond acceptors (Lipinski definition) is 3. The van der Waals surface area contributed by atoms with Gasteiger partial charge in [-0.15, -0.1) is 0 Å². The molecule has 2 aromatic carbocycles. The summed E-state index contributed by atoms with van der Waals surface area (Å²) < 4.78 is 6.55. The van der Waals surface area contributed by atoms with Crippen molar-refractivity contribution in [1.82, 2.24) is 10.2 Å². The zero-order valence-corrected chi connectivity index (χ0v) is 16.8. The third kappa shape index (κ3) is 5.46. The Bertz CT molecular complexity index is 764. The van der Waals surface area contributed by atoms with Crippen molar-refractivity contribution in [3.05, 3.63) is 40.9 Å². The van der Waals surface area contributed by atoms with E-state index in [0.29, 0.717) is 18.8 Å². The van der Waals surface area contributed by atoms with Crippen molar-refractivity contribution >= 4 is 38.5 Å². The molecule has 2 aromatic rings. The molecule has 0 saturated heterocycles. The predicted octanol–water partition coefficient (Wildman–Crippen LogP) is 3.75. The van der Waals surface area contributed by atoms with Gasteiger partial charge in [0.25, 0.3) is 5.91 Å². The molecule has 0 aliphatic rings. The molecule has 6 heteroatoms. The van der Waals surface area contributed by atoms with Gasteiger partial charge in [-0.1, -0.05) is 44.2 Å². The van der Waals surface area contributed by atoms with Crippen LogP contribution in [0.25, 0.3) is 10.8 Å². The van der Waals surface area contributed by atoms with Crippen LogP contribution in [0.1, 0.15) is 26.7 Å². The van der Waals surface area contributed by atoms with Crippen LogP contribution in [0.15, 0.2) is 40.9 Å². The van der Waals surface area contributed by atoms with E-state index in [9.17, 15) is 9.59 Å². The molecule has 5 nitrogen and oxygen atoms in total. The number of halogens is 1. The van der Waals surface area contributed by atoms with Crippen LogP contribution in [-0.4, -0.2) is 43.0 Å². The Morgan fingerprint density at radius 2 is 1.88 bits per heavy atom. The van der Waals surface area contributed by atoms with Gasteiger partial charge in [-0.25, -0.2) is 0 Å². The van der Waals surface area contributed by atoms with Crippen LogP contribution >= 0.6 is 15.9 Å². The predicted molar refractivity (Wildman–Crippen MR) is 107 cm³/mol. The standard InChI is InChI=1S/C20H25BrN2O3/c1-3-11-22-18(24)13-23(12-4-2)19(25)14-26-17-10-9-15-7-5-6-8-16(15)20(17)21/h5-10H,3-4,11-14H2,1-2H3,(H,22,24). The molecule has 26 heavy (non-hydrogen) atoms. The van der Waals surface area contributed by atoms with Gasteiger partial charge in [0.15, 0.2) is 6.61 Å². The van der Waals surface area contributed by atoms with Crippen LogP contribution in [0.3, 0.4) is 0 Å². The zero-order valence-electron chi connectivity index (χ0n) is 15.3. The van der Waals surface area contributed by atoms with Crippen molar-refractivity contribution in [2.45, 2.75) is 26.7 Å². The molecule has 0 radical (unpaired) electrons. The highest BCUT2D eigenvalue weighted by atomic mass is 79.9. The van der Waals surface area contributed by atoms with Gasteiger partial charge >= 0.3 is 0 Å². The largest absolute Gasteiger partial charge is 0.483 e. The maximum Gasteiger partial charge on any atom is 0.260 e. The summed E-state index contributed by atoms with van der Waals surface area (Å²) in [5.74, 6) is 0.281. The Morgan fingerprint density at radius 3 is 2.62 bits per heavy atom. The lowest BCUT2D eigenvalue weighted by atomic mass is 10.1. The summed E-state index contributed by atoms with van der Waals surface area (Å²) in [5.41, 5.74) is 0. The fourth-order valence-corrected chi connectivity index (χ4v) is 3.22. The molecule has 0 heterocycles. The molecule has 0 aliphatic heterocycles. The van der Waals surface area contributed by atoms with E-state index in [4.69, 9.17) is 4.74 Å². The Morgan fingerprint density at radius 1 is 1.12 bits per heavy atom. The molecule has 2 amide bonds. The maximum absolute atomic E-state index is 12.5. The lowest BCUT2D eigenvalue weighted by Gasteiger charge is -2.22. The molecule has 0 atom stereocenters. The summed E-state index contributed by atoms with van der Waals surface area (Å²) in [5, 5.41) is 4.92. The quantitative estimate of drug-likeness (QED) is 0.671. The third-order valence-electron chi connectivity index (χ3n) is 3.93. The van der Waals surface area contributed by atoms with E-state index in [-0.39, 0.29) is 25.0 Å². The topological polar surface area (TPSA) is 58.6 Å². The summed E-state index contributed by atoms with van der Waals surface area (Å²) in [7, 11) is 0. The molecule has 0 saturated carbocycles. The number of carbonyl (C=O) groups excluding carboxylic acids is 2. The first-order valence-corrected chi connectivity index (χ1v) is 9.70. The number of nitrogens with one attached hydrogen (secondary N) is 1. The smallest absolute Gasteiger partial charge is 0.260 e. The Labute approximate surface area is 162 Å². The number of fused-ring (bicyclic) bond motifs is 1. The Balaban J connectivity index is 2.01. The molecule has 0 aliphatic carbocycles. The van der Waals surface area contributed by atoms with Crippen LogP contribution in [0, 0.1) is 0 Å². The van der Waals surface area contributed by atoms with Crippen LogP contribution in [0.4, 0.5) is 0 Å². The number of carbonyl (C=O) groups is 2. The second kappa shape index (κ2) is 10.2. The van der Waals surface area contributed by atoms with Gasteiger partial charge in [-0.2, -0.15) is 0 Å². The molecule has 1 N–H and O–H groups in total. The number of amides is 2. The second-order valence-electron chi connectivity index (χ2n) is 6.05. The van der Waals surface area contributed by atoms with E-state index >= 15 is 0 Å². The van der Waals surface area contributed by atoms with E-state index in [1.54, 1.807) is 4.90 Å². The number of benzene rings is 2. The van der Waals surface area contributed by atoms with E-state index < -0.39 is 0 Å². The SMILES string of the molecule is CCCNC(=O)CN(CCC)C(=O)COc1ccc2ccccc2c1Br. The first-order chi connectivity index (χ1) is 12.6. The molecule has 0 fully saturated rings. The van der Waals surface area contributed by atoms with E-state index in [1.165, 1.54) is 0 Å². The minimum absolute atomic E-state index is 0.0644. The summed E-state index contributed by atoms with van der Waals surface area (Å²) >= 11 is 3.55. The first kappa shape index (κ1) is 20.2. The number of ether oxygens (including phenoxy) is 1. The molecular weight excluding hydrogens is 396 g/mol. The lowest BCUT2D eigenvalue weighted by molar-refractivity contribution is -0.137. The van der Waals surface area contributed by atoms with Gasteiger partial charge in [-0.3, -0.25) is 9.59 Å². The van der Waals surface area contributed by atoms with Gasteiger partial charge in [0.2, 0.25) is 5.91 Å². The van der Waals surface area contributed by atoms with Crippen molar-refractivity contribution in [3.8, 4) is 5.75 Å².